The molecule has 0 amide bonds. The zero-order valence-corrected chi connectivity index (χ0v) is 15.2. The monoisotopic (exact) mass is 329 g/mol. The number of pyridine rings is 2. The molecule has 2 aromatic heterocycles. The fourth-order valence-electron chi connectivity index (χ4n) is 2.86. The van der Waals surface area contributed by atoms with Gasteiger partial charge in [0.05, 0.1) is 7.11 Å². The van der Waals surface area contributed by atoms with E-state index in [0.717, 1.165) is 23.2 Å². The highest BCUT2D eigenvalue weighted by atomic mass is 16.5. The van der Waals surface area contributed by atoms with E-state index in [0.29, 0.717) is 24.2 Å². The zero-order chi connectivity index (χ0) is 17.7. The van der Waals surface area contributed by atoms with Crippen LogP contribution < -0.4 is 15.2 Å². The third-order valence-electron chi connectivity index (χ3n) is 3.77. The van der Waals surface area contributed by atoms with E-state index in [4.69, 9.17) is 15.2 Å². The van der Waals surface area contributed by atoms with Crippen LogP contribution in [-0.4, -0.2) is 29.2 Å². The molecule has 0 bridgehead atoms. The number of hydrogen-bond donors (Lipinski definition) is 1. The van der Waals surface area contributed by atoms with Gasteiger partial charge in [0.1, 0.15) is 6.61 Å². The number of aromatic nitrogens is 2. The number of methoxy groups -OCH3 is 1. The van der Waals surface area contributed by atoms with Gasteiger partial charge in [-0.3, -0.25) is 4.98 Å². The topological polar surface area (TPSA) is 70.3 Å². The van der Waals surface area contributed by atoms with Crippen LogP contribution in [0.4, 0.5) is 0 Å². The zero-order valence-electron chi connectivity index (χ0n) is 15.2. The Morgan fingerprint density at radius 1 is 1.25 bits per heavy atom. The van der Waals surface area contributed by atoms with Gasteiger partial charge >= 0.3 is 0 Å². The minimum Gasteiger partial charge on any atom is -0.491 e. The first-order chi connectivity index (χ1) is 11.3. The molecule has 2 aromatic rings. The van der Waals surface area contributed by atoms with Crippen molar-refractivity contribution in [2.75, 3.05) is 13.7 Å². The molecule has 0 saturated carbocycles. The molecule has 0 aliphatic rings. The Hall–Kier alpha value is -2.14. The molecule has 0 radical (unpaired) electrons. The summed E-state index contributed by atoms with van der Waals surface area (Å²) >= 11 is 0. The number of rotatable bonds is 7. The van der Waals surface area contributed by atoms with Crippen molar-refractivity contribution in [1.29, 1.82) is 0 Å². The molecule has 130 valence electrons. The predicted octanol–water partition coefficient (Wildman–Crippen LogP) is 3.60. The Kier molecular flexibility index (Phi) is 5.78. The molecule has 0 aliphatic heterocycles. The normalized spacial score (nSPS) is 13.6. The first-order valence-corrected chi connectivity index (χ1v) is 8.20. The van der Waals surface area contributed by atoms with Crippen LogP contribution in [0.25, 0.3) is 11.1 Å². The summed E-state index contributed by atoms with van der Waals surface area (Å²) in [5.74, 6) is 1.59. The van der Waals surface area contributed by atoms with Gasteiger partial charge in [-0.1, -0.05) is 13.8 Å². The Labute approximate surface area is 144 Å². The predicted molar refractivity (Wildman–Crippen MR) is 96.3 cm³/mol. The third-order valence-corrected chi connectivity index (χ3v) is 3.77. The lowest BCUT2D eigenvalue weighted by molar-refractivity contribution is 0.193. The van der Waals surface area contributed by atoms with E-state index in [1.165, 1.54) is 0 Å². The van der Waals surface area contributed by atoms with Crippen LogP contribution in [0, 0.1) is 12.8 Å². The van der Waals surface area contributed by atoms with Crippen molar-refractivity contribution < 1.29 is 9.47 Å². The Balaban J connectivity index is 2.24. The quantitative estimate of drug-likeness (QED) is 0.840. The molecular formula is C19H27N3O2. The lowest BCUT2D eigenvalue weighted by Crippen LogP contribution is -2.43. The van der Waals surface area contributed by atoms with Crippen molar-refractivity contribution in [1.82, 2.24) is 9.97 Å². The molecule has 1 atom stereocenters. The fourth-order valence-corrected chi connectivity index (χ4v) is 2.86. The van der Waals surface area contributed by atoms with Crippen molar-refractivity contribution in [3.8, 4) is 22.8 Å². The first kappa shape index (κ1) is 18.2. The Morgan fingerprint density at radius 2 is 1.92 bits per heavy atom. The highest BCUT2D eigenvalue weighted by molar-refractivity contribution is 5.68. The van der Waals surface area contributed by atoms with Gasteiger partial charge in [-0.05, 0) is 49.9 Å². The summed E-state index contributed by atoms with van der Waals surface area (Å²) in [7, 11) is 1.62. The molecule has 0 aromatic carbocycles. The van der Waals surface area contributed by atoms with E-state index in [2.05, 4.69) is 23.8 Å². The van der Waals surface area contributed by atoms with Crippen LogP contribution in [0.3, 0.4) is 0 Å². The SMILES string of the molecule is COc1cc(-c2ccncc2)c(C)nc1OC[C@@](C)(N)CC(C)C. The number of nitrogens with zero attached hydrogens (tertiary/aromatic N) is 2. The van der Waals surface area contributed by atoms with E-state index in [1.54, 1.807) is 19.5 Å². The largest absolute Gasteiger partial charge is 0.491 e. The summed E-state index contributed by atoms with van der Waals surface area (Å²) in [6.45, 7) is 8.65. The lowest BCUT2D eigenvalue weighted by Gasteiger charge is -2.26. The first-order valence-electron chi connectivity index (χ1n) is 8.20. The van der Waals surface area contributed by atoms with Crippen LogP contribution >= 0.6 is 0 Å². The van der Waals surface area contributed by atoms with Crippen molar-refractivity contribution in [3.63, 3.8) is 0 Å². The van der Waals surface area contributed by atoms with Crippen LogP contribution in [0.2, 0.25) is 0 Å². The van der Waals surface area contributed by atoms with Crippen molar-refractivity contribution in [2.45, 2.75) is 39.7 Å². The number of hydrogen-bond acceptors (Lipinski definition) is 5. The number of ether oxygens (including phenoxy) is 2. The minimum atomic E-state index is -0.404. The molecule has 0 spiro atoms. The average Bonchev–Trinajstić information content (AvgIpc) is 2.52. The molecule has 0 unspecified atom stereocenters. The van der Waals surface area contributed by atoms with Crippen LogP contribution in [0.5, 0.6) is 11.6 Å². The summed E-state index contributed by atoms with van der Waals surface area (Å²) in [5.41, 5.74) is 8.83. The molecule has 24 heavy (non-hydrogen) atoms. The molecular weight excluding hydrogens is 302 g/mol. The van der Waals surface area contributed by atoms with Gasteiger partial charge in [0.25, 0.3) is 5.88 Å². The molecule has 2 N–H and O–H groups in total. The molecule has 2 rings (SSSR count). The molecule has 0 fully saturated rings. The van der Waals surface area contributed by atoms with Gasteiger partial charge in [0.15, 0.2) is 5.75 Å². The molecule has 2 heterocycles. The van der Waals surface area contributed by atoms with E-state index in [-0.39, 0.29) is 0 Å². The highest BCUT2D eigenvalue weighted by Crippen LogP contribution is 2.33. The molecule has 0 saturated heterocycles. The maximum atomic E-state index is 6.32. The molecule has 5 heteroatoms. The average molecular weight is 329 g/mol. The van der Waals surface area contributed by atoms with Gasteiger partial charge in [0, 0.05) is 29.2 Å². The summed E-state index contributed by atoms with van der Waals surface area (Å²) in [6.07, 6.45) is 4.40. The van der Waals surface area contributed by atoms with Gasteiger partial charge in [-0.25, -0.2) is 4.98 Å². The van der Waals surface area contributed by atoms with Gasteiger partial charge in [0.2, 0.25) is 0 Å². The van der Waals surface area contributed by atoms with Crippen molar-refractivity contribution in [2.24, 2.45) is 11.7 Å². The van der Waals surface area contributed by atoms with Crippen LogP contribution in [0.1, 0.15) is 32.9 Å². The Bertz CT molecular complexity index is 670. The second-order valence-corrected chi connectivity index (χ2v) is 6.91. The van der Waals surface area contributed by atoms with Crippen LogP contribution in [0.15, 0.2) is 30.6 Å². The maximum Gasteiger partial charge on any atom is 0.257 e. The van der Waals surface area contributed by atoms with Gasteiger partial charge in [-0.15, -0.1) is 0 Å². The highest BCUT2D eigenvalue weighted by Gasteiger charge is 2.22. The van der Waals surface area contributed by atoms with E-state index >= 15 is 0 Å². The minimum absolute atomic E-state index is 0.391. The van der Waals surface area contributed by atoms with Crippen LogP contribution in [-0.2, 0) is 0 Å². The number of nitrogens with two attached hydrogens (primary N) is 1. The van der Waals surface area contributed by atoms with E-state index in [9.17, 15) is 0 Å². The summed E-state index contributed by atoms with van der Waals surface area (Å²) in [6, 6.07) is 5.84. The summed E-state index contributed by atoms with van der Waals surface area (Å²) in [5, 5.41) is 0. The fraction of sp³-hybridized carbons (Fsp3) is 0.474. The Morgan fingerprint density at radius 3 is 2.50 bits per heavy atom. The van der Waals surface area contributed by atoms with E-state index in [1.807, 2.05) is 32.0 Å². The third kappa shape index (κ3) is 4.68. The maximum absolute atomic E-state index is 6.32. The molecule has 5 nitrogen and oxygen atoms in total. The second-order valence-electron chi connectivity index (χ2n) is 6.91. The van der Waals surface area contributed by atoms with Crippen molar-refractivity contribution in [3.05, 3.63) is 36.3 Å². The number of aryl methyl sites for hydroxylation is 1. The lowest BCUT2D eigenvalue weighted by atomic mass is 9.93. The van der Waals surface area contributed by atoms with Crippen molar-refractivity contribution >= 4 is 0 Å². The smallest absolute Gasteiger partial charge is 0.257 e. The van der Waals surface area contributed by atoms with Gasteiger partial charge in [-0.2, -0.15) is 0 Å². The summed E-state index contributed by atoms with van der Waals surface area (Å²) in [4.78, 5) is 8.63. The second kappa shape index (κ2) is 7.62. The standard InChI is InChI=1S/C19H27N3O2/c1-13(2)11-19(4,20)12-24-18-17(23-5)10-16(14(3)22-18)15-6-8-21-9-7-15/h6-10,13H,11-12,20H2,1-5H3/t19-/m0/s1. The van der Waals surface area contributed by atoms with Gasteiger partial charge < -0.3 is 15.2 Å². The summed E-state index contributed by atoms with van der Waals surface area (Å²) < 4.78 is 11.4. The van der Waals surface area contributed by atoms with E-state index < -0.39 is 5.54 Å². The molecule has 0 aliphatic carbocycles.